The molecule has 0 spiro atoms. The van der Waals surface area contributed by atoms with Gasteiger partial charge in [-0.05, 0) is 24.3 Å². The number of aromatic nitrogens is 2. The van der Waals surface area contributed by atoms with Crippen LogP contribution in [-0.2, 0) is 12.8 Å². The molecule has 0 atom stereocenters. The van der Waals surface area contributed by atoms with Crippen LogP contribution in [0.1, 0.15) is 24.6 Å². The molecule has 4 heteroatoms. The van der Waals surface area contributed by atoms with E-state index in [4.69, 9.17) is 5.26 Å². The summed E-state index contributed by atoms with van der Waals surface area (Å²) in [4.78, 5) is 0. The predicted molar refractivity (Wildman–Crippen MR) is 65.2 cm³/mol. The summed E-state index contributed by atoms with van der Waals surface area (Å²) < 4.78 is 0. The molecule has 1 N–H and O–H groups in total. The molecule has 0 fully saturated rings. The van der Waals surface area contributed by atoms with E-state index >= 15 is 0 Å². The molecule has 2 heterocycles. The Balaban J connectivity index is 2.38. The van der Waals surface area contributed by atoms with E-state index in [1.54, 1.807) is 11.3 Å². The van der Waals surface area contributed by atoms with Crippen LogP contribution in [0, 0.1) is 11.3 Å². The minimum Gasteiger partial charge on any atom is -0.282 e. The SMILES string of the molecule is CCc1[nH]nc(-c2ccsc2)c1CCC#N. The highest BCUT2D eigenvalue weighted by Crippen LogP contribution is 2.27. The Morgan fingerprint density at radius 2 is 2.44 bits per heavy atom. The molecule has 0 aromatic carbocycles. The Bertz CT molecular complexity index is 491. The zero-order valence-electron chi connectivity index (χ0n) is 9.16. The minimum absolute atomic E-state index is 0.545. The molecule has 0 aliphatic rings. The fraction of sp³-hybridized carbons (Fsp3) is 0.333. The van der Waals surface area contributed by atoms with E-state index in [-0.39, 0.29) is 0 Å². The maximum atomic E-state index is 8.67. The van der Waals surface area contributed by atoms with Gasteiger partial charge in [0.25, 0.3) is 0 Å². The van der Waals surface area contributed by atoms with Gasteiger partial charge in [-0.2, -0.15) is 21.7 Å². The van der Waals surface area contributed by atoms with Gasteiger partial charge in [0.2, 0.25) is 0 Å². The van der Waals surface area contributed by atoms with Gasteiger partial charge in [-0.25, -0.2) is 0 Å². The lowest BCUT2D eigenvalue weighted by Gasteiger charge is -2.00. The summed E-state index contributed by atoms with van der Waals surface area (Å²) in [6.45, 7) is 2.10. The molecule has 3 nitrogen and oxygen atoms in total. The summed E-state index contributed by atoms with van der Waals surface area (Å²) in [7, 11) is 0. The summed E-state index contributed by atoms with van der Waals surface area (Å²) >= 11 is 1.66. The summed E-state index contributed by atoms with van der Waals surface area (Å²) in [5.74, 6) is 0. The second kappa shape index (κ2) is 4.95. The quantitative estimate of drug-likeness (QED) is 0.878. The van der Waals surface area contributed by atoms with Crippen LogP contribution in [0.4, 0.5) is 0 Å². The third-order valence-electron chi connectivity index (χ3n) is 2.59. The first-order valence-corrected chi connectivity index (χ1v) is 6.26. The molecule has 0 saturated heterocycles. The fourth-order valence-electron chi connectivity index (χ4n) is 1.78. The van der Waals surface area contributed by atoms with Crippen LogP contribution in [0.5, 0.6) is 0 Å². The minimum atomic E-state index is 0.545. The topological polar surface area (TPSA) is 52.5 Å². The zero-order valence-corrected chi connectivity index (χ0v) is 9.97. The maximum absolute atomic E-state index is 8.67. The molecule has 0 radical (unpaired) electrons. The van der Waals surface area contributed by atoms with Crippen LogP contribution in [-0.4, -0.2) is 10.2 Å². The van der Waals surface area contributed by atoms with Crippen LogP contribution in [0.25, 0.3) is 11.3 Å². The first-order valence-electron chi connectivity index (χ1n) is 5.32. The van der Waals surface area contributed by atoms with Gasteiger partial charge >= 0.3 is 0 Å². The number of thiophene rings is 1. The Morgan fingerprint density at radius 1 is 1.56 bits per heavy atom. The zero-order chi connectivity index (χ0) is 11.4. The second-order valence-corrected chi connectivity index (χ2v) is 4.33. The predicted octanol–water partition coefficient (Wildman–Crippen LogP) is 3.16. The molecular weight excluding hydrogens is 218 g/mol. The number of hydrogen-bond acceptors (Lipinski definition) is 3. The van der Waals surface area contributed by atoms with Crippen molar-refractivity contribution < 1.29 is 0 Å². The van der Waals surface area contributed by atoms with E-state index in [0.29, 0.717) is 6.42 Å². The highest BCUT2D eigenvalue weighted by Gasteiger charge is 2.13. The van der Waals surface area contributed by atoms with E-state index in [0.717, 1.165) is 29.8 Å². The molecule has 0 aliphatic heterocycles. The van der Waals surface area contributed by atoms with Crippen molar-refractivity contribution in [3.8, 4) is 17.3 Å². The lowest BCUT2D eigenvalue weighted by atomic mass is 10.0. The molecular formula is C12H13N3S. The van der Waals surface area contributed by atoms with Crippen molar-refractivity contribution in [1.82, 2.24) is 10.2 Å². The van der Waals surface area contributed by atoms with Gasteiger partial charge in [-0.1, -0.05) is 6.92 Å². The standard InChI is InChI=1S/C12H13N3S/c1-2-11-10(4-3-6-13)12(15-14-11)9-5-7-16-8-9/h5,7-8H,2-4H2,1H3,(H,14,15). The van der Waals surface area contributed by atoms with Crippen LogP contribution in [0.2, 0.25) is 0 Å². The number of H-pyrrole nitrogens is 1. The number of nitriles is 1. The number of hydrogen-bond donors (Lipinski definition) is 1. The lowest BCUT2D eigenvalue weighted by Crippen LogP contribution is -1.91. The van der Waals surface area contributed by atoms with E-state index in [1.807, 2.05) is 5.38 Å². The highest BCUT2D eigenvalue weighted by atomic mass is 32.1. The molecule has 0 bridgehead atoms. The Hall–Kier alpha value is -1.60. The third kappa shape index (κ3) is 2.00. The van der Waals surface area contributed by atoms with Crippen LogP contribution >= 0.6 is 11.3 Å². The molecule has 2 rings (SSSR count). The maximum Gasteiger partial charge on any atom is 0.0964 e. The first-order chi connectivity index (χ1) is 7.86. The molecule has 0 amide bonds. The average Bonchev–Trinajstić information content (AvgIpc) is 2.94. The normalized spacial score (nSPS) is 10.2. The Kier molecular flexibility index (Phi) is 3.37. The average molecular weight is 231 g/mol. The third-order valence-corrected chi connectivity index (χ3v) is 3.27. The van der Waals surface area contributed by atoms with Crippen molar-refractivity contribution in [2.45, 2.75) is 26.2 Å². The molecule has 0 aliphatic carbocycles. The second-order valence-electron chi connectivity index (χ2n) is 3.55. The summed E-state index contributed by atoms with van der Waals surface area (Å²) in [6.07, 6.45) is 2.25. The summed E-state index contributed by atoms with van der Waals surface area (Å²) in [5.41, 5.74) is 4.50. The van der Waals surface area contributed by atoms with Crippen molar-refractivity contribution in [3.63, 3.8) is 0 Å². The van der Waals surface area contributed by atoms with E-state index < -0.39 is 0 Å². The monoisotopic (exact) mass is 231 g/mol. The number of nitrogens with one attached hydrogen (secondary N) is 1. The largest absolute Gasteiger partial charge is 0.282 e. The lowest BCUT2D eigenvalue weighted by molar-refractivity contribution is 0.936. The van der Waals surface area contributed by atoms with Crippen molar-refractivity contribution in [2.24, 2.45) is 0 Å². The number of nitrogens with zero attached hydrogens (tertiary/aromatic N) is 2. The first kappa shape index (κ1) is 10.9. The van der Waals surface area contributed by atoms with Crippen LogP contribution in [0.3, 0.4) is 0 Å². The van der Waals surface area contributed by atoms with Crippen molar-refractivity contribution in [2.75, 3.05) is 0 Å². The van der Waals surface area contributed by atoms with E-state index in [2.05, 4.69) is 34.6 Å². The number of aromatic amines is 1. The number of aryl methyl sites for hydroxylation is 1. The van der Waals surface area contributed by atoms with Crippen molar-refractivity contribution in [1.29, 1.82) is 5.26 Å². The van der Waals surface area contributed by atoms with Crippen LogP contribution in [0.15, 0.2) is 16.8 Å². The van der Waals surface area contributed by atoms with E-state index in [1.165, 1.54) is 5.56 Å². The van der Waals surface area contributed by atoms with Gasteiger partial charge in [0.15, 0.2) is 0 Å². The van der Waals surface area contributed by atoms with Gasteiger partial charge < -0.3 is 0 Å². The van der Waals surface area contributed by atoms with Gasteiger partial charge in [0.1, 0.15) is 0 Å². The smallest absolute Gasteiger partial charge is 0.0964 e. The fourth-order valence-corrected chi connectivity index (χ4v) is 2.42. The highest BCUT2D eigenvalue weighted by molar-refractivity contribution is 7.08. The van der Waals surface area contributed by atoms with Gasteiger partial charge in [-0.15, -0.1) is 0 Å². The van der Waals surface area contributed by atoms with Gasteiger partial charge in [0, 0.05) is 28.6 Å². The molecule has 2 aromatic rings. The molecule has 2 aromatic heterocycles. The Morgan fingerprint density at radius 3 is 3.06 bits per heavy atom. The summed E-state index contributed by atoms with van der Waals surface area (Å²) in [6, 6.07) is 4.26. The summed E-state index contributed by atoms with van der Waals surface area (Å²) in [5, 5.41) is 20.2. The molecule has 82 valence electrons. The molecule has 16 heavy (non-hydrogen) atoms. The Labute approximate surface area is 98.7 Å². The van der Waals surface area contributed by atoms with Crippen molar-refractivity contribution in [3.05, 3.63) is 28.1 Å². The molecule has 0 unspecified atom stereocenters. The van der Waals surface area contributed by atoms with Gasteiger partial charge in [-0.3, -0.25) is 5.10 Å². The molecule has 0 saturated carbocycles. The van der Waals surface area contributed by atoms with Gasteiger partial charge in [0.05, 0.1) is 11.8 Å². The number of rotatable bonds is 4. The van der Waals surface area contributed by atoms with Crippen molar-refractivity contribution >= 4 is 11.3 Å². The van der Waals surface area contributed by atoms with Crippen LogP contribution < -0.4 is 0 Å². The van der Waals surface area contributed by atoms with E-state index in [9.17, 15) is 0 Å².